The van der Waals surface area contributed by atoms with Crippen molar-refractivity contribution in [2.24, 2.45) is 5.14 Å². The number of hydrogen-bond acceptors (Lipinski definition) is 4. The summed E-state index contributed by atoms with van der Waals surface area (Å²) in [4.78, 5) is -1.20. The zero-order valence-electron chi connectivity index (χ0n) is 8.74. The minimum atomic E-state index is -4.67. The van der Waals surface area contributed by atoms with E-state index in [1.807, 2.05) is 0 Å². The molecule has 1 aromatic carbocycles. The van der Waals surface area contributed by atoms with Gasteiger partial charge in [-0.25, -0.2) is 18.7 Å². The van der Waals surface area contributed by atoms with Gasteiger partial charge in [-0.2, -0.15) is 8.42 Å². The Balaban J connectivity index is 3.75. The molecule has 0 saturated heterocycles. The van der Waals surface area contributed by atoms with Gasteiger partial charge in [0.25, 0.3) is 10.1 Å². The summed E-state index contributed by atoms with van der Waals surface area (Å²) in [5.74, 6) is 0. The van der Waals surface area contributed by atoms with Crippen molar-refractivity contribution in [1.82, 2.24) is 0 Å². The molecule has 1 radical (unpaired) electrons. The molecule has 17 heavy (non-hydrogen) atoms. The molecule has 0 saturated carbocycles. The fourth-order valence-electron chi connectivity index (χ4n) is 1.33. The number of hydrogen-bond donors (Lipinski definition) is 2. The maximum absolute atomic E-state index is 11.1. The molecule has 0 fully saturated rings. The molecular formula is C8H10NO6S2. The molecule has 3 N–H and O–H groups in total. The number of benzene rings is 1. The molecule has 0 atom stereocenters. The second kappa shape index (κ2) is 4.35. The van der Waals surface area contributed by atoms with E-state index in [0.717, 1.165) is 6.07 Å². The second-order valence-corrected chi connectivity index (χ2v) is 6.33. The molecule has 0 aliphatic heterocycles. The van der Waals surface area contributed by atoms with E-state index in [9.17, 15) is 21.9 Å². The van der Waals surface area contributed by atoms with Crippen LogP contribution in [0, 0.1) is 6.92 Å². The molecule has 7 nitrogen and oxygen atoms in total. The molecular weight excluding hydrogens is 270 g/mol. The average Bonchev–Trinajstić information content (AvgIpc) is 2.13. The van der Waals surface area contributed by atoms with Crippen LogP contribution in [-0.4, -0.2) is 21.4 Å². The van der Waals surface area contributed by atoms with E-state index in [1.54, 1.807) is 0 Å². The van der Waals surface area contributed by atoms with Crippen molar-refractivity contribution in [3.05, 3.63) is 23.3 Å². The number of aryl methyl sites for hydroxylation is 1. The van der Waals surface area contributed by atoms with E-state index >= 15 is 0 Å². The Morgan fingerprint density at radius 2 is 1.76 bits per heavy atom. The third-order valence-corrected chi connectivity index (χ3v) is 3.97. The SMILES string of the molecule is Cc1cc(S(N)(=O)=O)cc(S(=O)(=O)O)c1C[O]. The summed E-state index contributed by atoms with van der Waals surface area (Å²) >= 11 is 0. The molecule has 1 rings (SSSR count). The zero-order valence-corrected chi connectivity index (χ0v) is 10.4. The summed E-state index contributed by atoms with van der Waals surface area (Å²) in [5, 5.41) is 15.7. The van der Waals surface area contributed by atoms with Crippen LogP contribution in [0.4, 0.5) is 0 Å². The summed E-state index contributed by atoms with van der Waals surface area (Å²) in [6, 6.07) is 1.75. The molecule has 0 aliphatic carbocycles. The van der Waals surface area contributed by atoms with Crippen LogP contribution in [0.2, 0.25) is 0 Å². The van der Waals surface area contributed by atoms with E-state index in [0.29, 0.717) is 6.07 Å². The molecule has 9 heteroatoms. The number of rotatable bonds is 3. The predicted molar refractivity (Wildman–Crippen MR) is 56.8 cm³/mol. The lowest BCUT2D eigenvalue weighted by atomic mass is 10.1. The fraction of sp³-hybridized carbons (Fsp3) is 0.250. The van der Waals surface area contributed by atoms with Crippen LogP contribution in [-0.2, 0) is 31.9 Å². The van der Waals surface area contributed by atoms with Crippen molar-refractivity contribution in [2.45, 2.75) is 23.3 Å². The summed E-state index contributed by atoms with van der Waals surface area (Å²) in [5.41, 5.74) is -0.0425. The summed E-state index contributed by atoms with van der Waals surface area (Å²) in [6.45, 7) is 0.461. The normalized spacial score (nSPS) is 12.7. The van der Waals surface area contributed by atoms with Gasteiger partial charge in [-0.3, -0.25) is 4.55 Å². The predicted octanol–water partition coefficient (Wildman–Crippen LogP) is -0.180. The summed E-state index contributed by atoms with van der Waals surface area (Å²) in [6.07, 6.45) is 0. The van der Waals surface area contributed by atoms with E-state index < -0.39 is 36.5 Å². The highest BCUT2D eigenvalue weighted by molar-refractivity contribution is 7.89. The monoisotopic (exact) mass is 280 g/mol. The Bertz CT molecular complexity index is 647. The molecule has 1 aromatic rings. The minimum absolute atomic E-state index is 0.138. The first kappa shape index (κ1) is 14.1. The molecule has 0 amide bonds. The summed E-state index contributed by atoms with van der Waals surface area (Å²) < 4.78 is 53.1. The van der Waals surface area contributed by atoms with Crippen LogP contribution in [0.15, 0.2) is 21.9 Å². The molecule has 0 spiro atoms. The minimum Gasteiger partial charge on any atom is -0.282 e. The number of sulfonamides is 1. The van der Waals surface area contributed by atoms with Crippen molar-refractivity contribution >= 4 is 20.1 Å². The Labute approximate surface area is 98.7 Å². The van der Waals surface area contributed by atoms with Crippen molar-refractivity contribution in [3.63, 3.8) is 0 Å². The average molecular weight is 280 g/mol. The van der Waals surface area contributed by atoms with Gasteiger partial charge in [-0.05, 0) is 24.6 Å². The first-order valence-corrected chi connectivity index (χ1v) is 7.28. The Morgan fingerprint density at radius 1 is 1.24 bits per heavy atom. The van der Waals surface area contributed by atoms with E-state index in [4.69, 9.17) is 9.69 Å². The van der Waals surface area contributed by atoms with Gasteiger partial charge in [0.2, 0.25) is 10.0 Å². The highest BCUT2D eigenvalue weighted by Crippen LogP contribution is 2.23. The molecule has 0 aliphatic rings. The second-order valence-electron chi connectivity index (χ2n) is 3.38. The standard InChI is InChI=1S/C8H10NO6S2/c1-5-2-6(16(9,11)12)3-8(7(5)4-10)17(13,14)15/h2-3H,4H2,1H3,(H2,9,11,12)(H,13,14,15). The van der Waals surface area contributed by atoms with Gasteiger partial charge in [0.15, 0.2) is 0 Å². The Kier molecular flexibility index (Phi) is 3.60. The van der Waals surface area contributed by atoms with Gasteiger partial charge in [0, 0.05) is 5.56 Å². The van der Waals surface area contributed by atoms with Crippen LogP contribution in [0.5, 0.6) is 0 Å². The van der Waals surface area contributed by atoms with Crippen LogP contribution >= 0.6 is 0 Å². The molecule has 0 heterocycles. The molecule has 0 unspecified atom stereocenters. The van der Waals surface area contributed by atoms with Crippen LogP contribution < -0.4 is 5.14 Å². The first-order valence-electron chi connectivity index (χ1n) is 4.29. The molecule has 0 bridgehead atoms. The van der Waals surface area contributed by atoms with Gasteiger partial charge < -0.3 is 0 Å². The topological polar surface area (TPSA) is 134 Å². The van der Waals surface area contributed by atoms with Gasteiger partial charge in [-0.1, -0.05) is 0 Å². The molecule has 0 aromatic heterocycles. The Hall–Kier alpha value is -1.00. The van der Waals surface area contributed by atoms with Crippen LogP contribution in [0.1, 0.15) is 11.1 Å². The fourth-order valence-corrected chi connectivity index (χ4v) is 2.84. The first-order chi connectivity index (χ1) is 7.57. The highest BCUT2D eigenvalue weighted by Gasteiger charge is 2.21. The van der Waals surface area contributed by atoms with Gasteiger partial charge in [-0.15, -0.1) is 0 Å². The third-order valence-electron chi connectivity index (χ3n) is 2.16. The lowest BCUT2D eigenvalue weighted by Gasteiger charge is -2.09. The van der Waals surface area contributed by atoms with Gasteiger partial charge in [0.1, 0.15) is 11.5 Å². The lowest BCUT2D eigenvalue weighted by Crippen LogP contribution is -2.15. The number of nitrogens with two attached hydrogens (primary N) is 1. The maximum Gasteiger partial charge on any atom is 0.294 e. The quantitative estimate of drug-likeness (QED) is 0.740. The van der Waals surface area contributed by atoms with Crippen molar-refractivity contribution < 1.29 is 26.5 Å². The third kappa shape index (κ3) is 3.01. The van der Waals surface area contributed by atoms with Crippen molar-refractivity contribution in [2.75, 3.05) is 0 Å². The van der Waals surface area contributed by atoms with E-state index in [1.165, 1.54) is 6.92 Å². The van der Waals surface area contributed by atoms with Crippen LogP contribution in [0.3, 0.4) is 0 Å². The largest absolute Gasteiger partial charge is 0.294 e. The Morgan fingerprint density at radius 3 is 2.12 bits per heavy atom. The van der Waals surface area contributed by atoms with Crippen molar-refractivity contribution in [1.29, 1.82) is 0 Å². The lowest BCUT2D eigenvalue weighted by molar-refractivity contribution is 0.174. The highest BCUT2D eigenvalue weighted by atomic mass is 32.2. The van der Waals surface area contributed by atoms with Crippen LogP contribution in [0.25, 0.3) is 0 Å². The van der Waals surface area contributed by atoms with E-state index in [-0.39, 0.29) is 11.1 Å². The summed E-state index contributed by atoms with van der Waals surface area (Å²) in [7, 11) is -8.78. The maximum atomic E-state index is 11.1. The zero-order chi connectivity index (χ0) is 13.4. The smallest absolute Gasteiger partial charge is 0.282 e. The van der Waals surface area contributed by atoms with Crippen molar-refractivity contribution in [3.8, 4) is 0 Å². The van der Waals surface area contributed by atoms with Gasteiger partial charge in [0.05, 0.1) is 4.90 Å². The van der Waals surface area contributed by atoms with Gasteiger partial charge >= 0.3 is 0 Å². The number of primary sulfonamides is 1. The van der Waals surface area contributed by atoms with E-state index in [2.05, 4.69) is 0 Å². The molecule has 95 valence electrons.